The maximum absolute atomic E-state index is 6.30. The molecule has 0 fully saturated rings. The first-order valence-electron chi connectivity index (χ1n) is 7.66. The Hall–Kier alpha value is -2.14. The van der Waals surface area contributed by atoms with Gasteiger partial charge in [0.05, 0.1) is 16.1 Å². The minimum absolute atomic E-state index is 0.549. The summed E-state index contributed by atoms with van der Waals surface area (Å²) in [5.41, 5.74) is 1.73. The van der Waals surface area contributed by atoms with Crippen LogP contribution in [0.3, 0.4) is 0 Å². The molecule has 3 nitrogen and oxygen atoms in total. The highest BCUT2D eigenvalue weighted by atomic mass is 35.5. The normalized spacial score (nSPS) is 11.0. The molecule has 0 unspecified atom stereocenters. The van der Waals surface area contributed by atoms with E-state index in [9.17, 15) is 0 Å². The Morgan fingerprint density at radius 1 is 0.960 bits per heavy atom. The lowest BCUT2D eigenvalue weighted by Gasteiger charge is -2.10. The number of aromatic nitrogens is 2. The average Bonchev–Trinajstić information content (AvgIpc) is 2.98. The SMILES string of the molecule is Cc1cc2c(Nc3ccc(Cl)cc3Cl)nc(-c3ccccc3)nc2s1. The number of anilines is 2. The zero-order valence-electron chi connectivity index (χ0n) is 13.3. The fourth-order valence-electron chi connectivity index (χ4n) is 2.57. The van der Waals surface area contributed by atoms with Crippen LogP contribution >= 0.6 is 34.5 Å². The molecule has 2 aromatic heterocycles. The molecular weight excluding hydrogens is 373 g/mol. The number of benzene rings is 2. The molecule has 6 heteroatoms. The van der Waals surface area contributed by atoms with E-state index in [0.29, 0.717) is 15.9 Å². The summed E-state index contributed by atoms with van der Waals surface area (Å²) >= 11 is 13.9. The molecule has 0 saturated carbocycles. The Labute approximate surface area is 159 Å². The Kier molecular flexibility index (Phi) is 4.34. The molecule has 124 valence electrons. The smallest absolute Gasteiger partial charge is 0.163 e. The number of rotatable bonds is 3. The number of thiophene rings is 1. The lowest BCUT2D eigenvalue weighted by Crippen LogP contribution is -1.98. The van der Waals surface area contributed by atoms with Crippen molar-refractivity contribution in [1.82, 2.24) is 9.97 Å². The zero-order chi connectivity index (χ0) is 17.4. The molecule has 4 rings (SSSR count). The van der Waals surface area contributed by atoms with Crippen LogP contribution in [-0.2, 0) is 0 Å². The third kappa shape index (κ3) is 3.33. The Bertz CT molecular complexity index is 1060. The monoisotopic (exact) mass is 385 g/mol. The van der Waals surface area contributed by atoms with Gasteiger partial charge in [-0.15, -0.1) is 11.3 Å². The standard InChI is InChI=1S/C19H13Cl2N3S/c1-11-9-14-18(22-16-8-7-13(20)10-15(16)21)23-17(24-19(14)25-11)12-5-3-2-4-6-12/h2-10H,1H3,(H,22,23,24). The summed E-state index contributed by atoms with van der Waals surface area (Å²) < 4.78 is 0. The molecule has 0 aliphatic carbocycles. The molecule has 0 aliphatic rings. The van der Waals surface area contributed by atoms with Gasteiger partial charge in [0.25, 0.3) is 0 Å². The lowest BCUT2D eigenvalue weighted by atomic mass is 10.2. The summed E-state index contributed by atoms with van der Waals surface area (Å²) in [7, 11) is 0. The van der Waals surface area contributed by atoms with Crippen LogP contribution in [-0.4, -0.2) is 9.97 Å². The number of nitrogens with zero attached hydrogens (tertiary/aromatic N) is 2. The van der Waals surface area contributed by atoms with Gasteiger partial charge in [-0.2, -0.15) is 0 Å². The zero-order valence-corrected chi connectivity index (χ0v) is 15.6. The van der Waals surface area contributed by atoms with Gasteiger partial charge >= 0.3 is 0 Å². The van der Waals surface area contributed by atoms with Crippen molar-refractivity contribution < 1.29 is 0 Å². The molecule has 0 spiro atoms. The van der Waals surface area contributed by atoms with Gasteiger partial charge in [0, 0.05) is 15.5 Å². The molecule has 4 aromatic rings. The third-order valence-corrected chi connectivity index (χ3v) is 5.22. The third-order valence-electron chi connectivity index (χ3n) is 3.73. The first-order valence-corrected chi connectivity index (χ1v) is 9.23. The maximum Gasteiger partial charge on any atom is 0.163 e. The summed E-state index contributed by atoms with van der Waals surface area (Å²) in [6.07, 6.45) is 0. The summed E-state index contributed by atoms with van der Waals surface area (Å²) in [6.45, 7) is 2.06. The highest BCUT2D eigenvalue weighted by Crippen LogP contribution is 2.34. The Morgan fingerprint density at radius 3 is 2.52 bits per heavy atom. The number of aryl methyl sites for hydroxylation is 1. The predicted molar refractivity (Wildman–Crippen MR) is 107 cm³/mol. The van der Waals surface area contributed by atoms with E-state index in [4.69, 9.17) is 33.2 Å². The van der Waals surface area contributed by atoms with E-state index in [-0.39, 0.29) is 0 Å². The van der Waals surface area contributed by atoms with Gasteiger partial charge in [-0.1, -0.05) is 53.5 Å². The Balaban J connectivity index is 1.86. The van der Waals surface area contributed by atoms with Gasteiger partial charge < -0.3 is 5.32 Å². The number of hydrogen-bond donors (Lipinski definition) is 1. The van der Waals surface area contributed by atoms with E-state index >= 15 is 0 Å². The van der Waals surface area contributed by atoms with Crippen molar-refractivity contribution in [2.75, 3.05) is 5.32 Å². The van der Waals surface area contributed by atoms with E-state index < -0.39 is 0 Å². The van der Waals surface area contributed by atoms with Crippen molar-refractivity contribution in [3.63, 3.8) is 0 Å². The fourth-order valence-corrected chi connectivity index (χ4v) is 3.91. The van der Waals surface area contributed by atoms with Crippen LogP contribution in [0, 0.1) is 6.92 Å². The molecule has 0 aliphatic heterocycles. The highest BCUT2D eigenvalue weighted by molar-refractivity contribution is 7.18. The van der Waals surface area contributed by atoms with Crippen molar-refractivity contribution in [2.45, 2.75) is 6.92 Å². The van der Waals surface area contributed by atoms with Crippen molar-refractivity contribution in [3.05, 3.63) is 69.5 Å². The minimum Gasteiger partial charge on any atom is -0.338 e. The quantitative estimate of drug-likeness (QED) is 0.425. The number of hydrogen-bond acceptors (Lipinski definition) is 4. The van der Waals surface area contributed by atoms with Gasteiger partial charge in [-0.25, -0.2) is 9.97 Å². The second-order valence-corrected chi connectivity index (χ2v) is 7.67. The van der Waals surface area contributed by atoms with Crippen LogP contribution < -0.4 is 5.32 Å². The number of fused-ring (bicyclic) bond motifs is 1. The van der Waals surface area contributed by atoms with E-state index in [1.165, 1.54) is 4.88 Å². The highest BCUT2D eigenvalue weighted by Gasteiger charge is 2.13. The molecule has 0 bridgehead atoms. The van der Waals surface area contributed by atoms with Crippen LogP contribution in [0.2, 0.25) is 10.0 Å². The summed E-state index contributed by atoms with van der Waals surface area (Å²) in [6, 6.07) is 17.4. The lowest BCUT2D eigenvalue weighted by molar-refractivity contribution is 1.23. The van der Waals surface area contributed by atoms with Crippen molar-refractivity contribution in [1.29, 1.82) is 0 Å². The first-order chi connectivity index (χ1) is 12.1. The predicted octanol–water partition coefficient (Wildman–Crippen LogP) is 6.72. The molecule has 25 heavy (non-hydrogen) atoms. The van der Waals surface area contributed by atoms with Crippen LogP contribution in [0.1, 0.15) is 4.88 Å². The number of halogens is 2. The summed E-state index contributed by atoms with van der Waals surface area (Å²) in [5.74, 6) is 1.42. The van der Waals surface area contributed by atoms with Crippen LogP contribution in [0.5, 0.6) is 0 Å². The van der Waals surface area contributed by atoms with Crippen LogP contribution in [0.4, 0.5) is 11.5 Å². The summed E-state index contributed by atoms with van der Waals surface area (Å²) in [4.78, 5) is 11.6. The van der Waals surface area contributed by atoms with Gasteiger partial charge in [-0.05, 0) is 31.2 Å². The fraction of sp³-hybridized carbons (Fsp3) is 0.0526. The van der Waals surface area contributed by atoms with E-state index in [1.807, 2.05) is 36.4 Å². The summed E-state index contributed by atoms with van der Waals surface area (Å²) in [5, 5.41) is 5.46. The molecule has 1 N–H and O–H groups in total. The topological polar surface area (TPSA) is 37.8 Å². The largest absolute Gasteiger partial charge is 0.338 e. The molecule has 0 amide bonds. The van der Waals surface area contributed by atoms with E-state index in [0.717, 1.165) is 27.3 Å². The van der Waals surface area contributed by atoms with Crippen molar-refractivity contribution in [2.24, 2.45) is 0 Å². The van der Waals surface area contributed by atoms with E-state index in [1.54, 1.807) is 23.5 Å². The molecule has 0 atom stereocenters. The second-order valence-electron chi connectivity index (χ2n) is 5.59. The molecule has 0 saturated heterocycles. The molecule has 2 heterocycles. The van der Waals surface area contributed by atoms with Crippen molar-refractivity contribution in [3.8, 4) is 11.4 Å². The van der Waals surface area contributed by atoms with E-state index in [2.05, 4.69) is 18.3 Å². The molecular formula is C19H13Cl2N3S. The maximum atomic E-state index is 6.30. The number of nitrogens with one attached hydrogen (secondary N) is 1. The molecule has 2 aromatic carbocycles. The van der Waals surface area contributed by atoms with Gasteiger partial charge in [-0.3, -0.25) is 0 Å². The second kappa shape index (κ2) is 6.64. The first kappa shape index (κ1) is 16.3. The van der Waals surface area contributed by atoms with Gasteiger partial charge in [0.15, 0.2) is 5.82 Å². The van der Waals surface area contributed by atoms with Crippen LogP contribution in [0.15, 0.2) is 54.6 Å². The minimum atomic E-state index is 0.549. The van der Waals surface area contributed by atoms with Crippen molar-refractivity contribution >= 4 is 56.3 Å². The average molecular weight is 386 g/mol. The van der Waals surface area contributed by atoms with Gasteiger partial charge in [0.2, 0.25) is 0 Å². The van der Waals surface area contributed by atoms with Crippen LogP contribution in [0.25, 0.3) is 21.6 Å². The Morgan fingerprint density at radius 2 is 1.76 bits per heavy atom. The van der Waals surface area contributed by atoms with Gasteiger partial charge in [0.1, 0.15) is 10.6 Å². The molecule has 0 radical (unpaired) electrons.